The Labute approximate surface area is 116 Å². The molecule has 0 bridgehead atoms. The zero-order chi connectivity index (χ0) is 14.7. The third kappa shape index (κ3) is 2.87. The van der Waals surface area contributed by atoms with Crippen molar-refractivity contribution in [2.45, 2.75) is 32.1 Å². The molecule has 0 radical (unpaired) electrons. The summed E-state index contributed by atoms with van der Waals surface area (Å²) >= 11 is 0. The van der Waals surface area contributed by atoms with E-state index < -0.39 is 11.9 Å². The summed E-state index contributed by atoms with van der Waals surface area (Å²) in [6, 6.07) is 4.06. The Morgan fingerprint density at radius 1 is 1.00 bits per heavy atom. The zero-order valence-electron chi connectivity index (χ0n) is 11.0. The molecule has 0 heterocycles. The van der Waals surface area contributed by atoms with Crippen molar-refractivity contribution < 1.29 is 24.6 Å². The smallest absolute Gasteiger partial charge is 0.336 e. The van der Waals surface area contributed by atoms with Gasteiger partial charge in [0.25, 0.3) is 0 Å². The van der Waals surface area contributed by atoms with Crippen molar-refractivity contribution in [3.05, 3.63) is 34.9 Å². The minimum atomic E-state index is -1.21. The van der Waals surface area contributed by atoms with Gasteiger partial charge in [-0.25, -0.2) is 9.59 Å². The first-order valence-electron chi connectivity index (χ1n) is 6.62. The van der Waals surface area contributed by atoms with Crippen molar-refractivity contribution in [2.24, 2.45) is 5.92 Å². The van der Waals surface area contributed by atoms with E-state index in [1.807, 2.05) is 0 Å². The van der Waals surface area contributed by atoms with E-state index in [2.05, 4.69) is 0 Å². The Kier molecular flexibility index (Phi) is 4.17. The normalized spacial score (nSPS) is 15.2. The van der Waals surface area contributed by atoms with Gasteiger partial charge in [-0.2, -0.15) is 0 Å². The monoisotopic (exact) mass is 276 g/mol. The Bertz CT molecular complexity index is 523. The molecule has 20 heavy (non-hydrogen) atoms. The van der Waals surface area contributed by atoms with Crippen LogP contribution in [-0.2, 0) is 11.2 Å². The molecule has 0 saturated heterocycles. The van der Waals surface area contributed by atoms with Crippen LogP contribution in [0.15, 0.2) is 18.2 Å². The number of carboxylic acids is 2. The minimum Gasteiger partial charge on any atom is -0.478 e. The van der Waals surface area contributed by atoms with Crippen LogP contribution >= 0.6 is 0 Å². The minimum absolute atomic E-state index is 0.0568. The molecule has 2 N–H and O–H groups in total. The van der Waals surface area contributed by atoms with Crippen LogP contribution in [0.3, 0.4) is 0 Å². The molecule has 1 aromatic rings. The lowest BCUT2D eigenvalue weighted by Gasteiger charge is -2.12. The van der Waals surface area contributed by atoms with E-state index in [0.29, 0.717) is 0 Å². The molecule has 0 amide bonds. The lowest BCUT2D eigenvalue weighted by Crippen LogP contribution is -2.18. The molecule has 5 heteroatoms. The van der Waals surface area contributed by atoms with Gasteiger partial charge >= 0.3 is 11.9 Å². The standard InChI is InChI=1S/C15H16O5/c16-13(9-4-1-2-5-9)8-12-10(14(17)18)6-3-7-11(12)15(19)20/h3,6-7,9H,1-2,4-5,8H2,(H,17,18)(H,19,20). The molecule has 0 aliphatic heterocycles. The third-order valence-electron chi connectivity index (χ3n) is 3.80. The molecule has 1 aliphatic carbocycles. The summed E-state index contributed by atoms with van der Waals surface area (Å²) in [5, 5.41) is 18.3. The average molecular weight is 276 g/mol. The second-order valence-corrected chi connectivity index (χ2v) is 5.07. The zero-order valence-corrected chi connectivity index (χ0v) is 11.0. The molecule has 1 aromatic carbocycles. The molecule has 1 aliphatic rings. The molecule has 1 saturated carbocycles. The topological polar surface area (TPSA) is 91.7 Å². The van der Waals surface area contributed by atoms with Crippen LogP contribution in [0.1, 0.15) is 52.0 Å². The van der Waals surface area contributed by atoms with E-state index in [-0.39, 0.29) is 34.8 Å². The highest BCUT2D eigenvalue weighted by Gasteiger charge is 2.26. The summed E-state index contributed by atoms with van der Waals surface area (Å²) < 4.78 is 0. The van der Waals surface area contributed by atoms with Crippen LogP contribution in [-0.4, -0.2) is 27.9 Å². The Hall–Kier alpha value is -2.17. The van der Waals surface area contributed by atoms with Crippen LogP contribution in [0.4, 0.5) is 0 Å². The van der Waals surface area contributed by atoms with Gasteiger partial charge in [0.15, 0.2) is 0 Å². The molecule has 0 spiro atoms. The largest absolute Gasteiger partial charge is 0.478 e. The van der Waals surface area contributed by atoms with Gasteiger partial charge in [0.2, 0.25) is 0 Å². The van der Waals surface area contributed by atoms with Gasteiger partial charge in [0, 0.05) is 12.3 Å². The van der Waals surface area contributed by atoms with Gasteiger partial charge in [-0.3, -0.25) is 4.79 Å². The Morgan fingerprint density at radius 3 is 1.95 bits per heavy atom. The molecule has 0 aromatic heterocycles. The second-order valence-electron chi connectivity index (χ2n) is 5.07. The maximum absolute atomic E-state index is 12.2. The fourth-order valence-electron chi connectivity index (χ4n) is 2.74. The van der Waals surface area contributed by atoms with Crippen molar-refractivity contribution in [3.8, 4) is 0 Å². The first kappa shape index (κ1) is 14.2. The number of Topliss-reactive ketones (excluding diaryl/α,β-unsaturated/α-hetero) is 1. The van der Waals surface area contributed by atoms with Crippen molar-refractivity contribution in [1.29, 1.82) is 0 Å². The first-order valence-corrected chi connectivity index (χ1v) is 6.62. The number of rotatable bonds is 5. The van der Waals surface area contributed by atoms with E-state index in [0.717, 1.165) is 25.7 Å². The number of benzene rings is 1. The number of carboxylic acid groups (broad SMARTS) is 2. The number of aromatic carboxylic acids is 2. The molecular formula is C15H16O5. The predicted molar refractivity (Wildman–Crippen MR) is 71.0 cm³/mol. The van der Waals surface area contributed by atoms with Gasteiger partial charge < -0.3 is 10.2 Å². The van der Waals surface area contributed by atoms with Crippen LogP contribution < -0.4 is 0 Å². The van der Waals surface area contributed by atoms with Crippen molar-refractivity contribution >= 4 is 17.7 Å². The fraction of sp³-hybridized carbons (Fsp3) is 0.400. The van der Waals surface area contributed by atoms with Crippen LogP contribution in [0.5, 0.6) is 0 Å². The summed E-state index contributed by atoms with van der Waals surface area (Å²) in [6.45, 7) is 0. The molecule has 2 rings (SSSR count). The summed E-state index contributed by atoms with van der Waals surface area (Å²) in [5.74, 6) is -2.53. The lowest BCUT2D eigenvalue weighted by molar-refractivity contribution is -0.122. The van der Waals surface area contributed by atoms with Gasteiger partial charge in [-0.1, -0.05) is 18.9 Å². The summed E-state index contributed by atoms with van der Waals surface area (Å²) in [7, 11) is 0. The van der Waals surface area contributed by atoms with Crippen LogP contribution in [0.2, 0.25) is 0 Å². The van der Waals surface area contributed by atoms with Gasteiger partial charge in [0.1, 0.15) is 5.78 Å². The van der Waals surface area contributed by atoms with E-state index in [1.165, 1.54) is 18.2 Å². The van der Waals surface area contributed by atoms with Gasteiger partial charge in [-0.05, 0) is 30.5 Å². The molecule has 0 atom stereocenters. The van der Waals surface area contributed by atoms with Crippen LogP contribution in [0.25, 0.3) is 0 Å². The van der Waals surface area contributed by atoms with E-state index in [9.17, 15) is 14.4 Å². The van der Waals surface area contributed by atoms with Gasteiger partial charge in [-0.15, -0.1) is 0 Å². The number of carbonyl (C=O) groups is 3. The van der Waals surface area contributed by atoms with Crippen LogP contribution in [0, 0.1) is 5.92 Å². The maximum Gasteiger partial charge on any atom is 0.336 e. The highest BCUT2D eigenvalue weighted by Crippen LogP contribution is 2.28. The molecule has 0 unspecified atom stereocenters. The number of ketones is 1. The second kappa shape index (κ2) is 5.86. The van der Waals surface area contributed by atoms with E-state index >= 15 is 0 Å². The SMILES string of the molecule is O=C(O)c1cccc(C(=O)O)c1CC(=O)C1CCCC1. The summed E-state index contributed by atoms with van der Waals surface area (Å²) in [4.78, 5) is 34.6. The highest BCUT2D eigenvalue weighted by atomic mass is 16.4. The number of hydrogen-bond acceptors (Lipinski definition) is 3. The van der Waals surface area contributed by atoms with Crippen molar-refractivity contribution in [2.75, 3.05) is 0 Å². The molecular weight excluding hydrogens is 260 g/mol. The summed E-state index contributed by atoms with van der Waals surface area (Å²) in [5.41, 5.74) is -0.0862. The molecule has 5 nitrogen and oxygen atoms in total. The fourth-order valence-corrected chi connectivity index (χ4v) is 2.74. The van der Waals surface area contributed by atoms with Crippen molar-refractivity contribution in [3.63, 3.8) is 0 Å². The van der Waals surface area contributed by atoms with Crippen molar-refractivity contribution in [1.82, 2.24) is 0 Å². The summed E-state index contributed by atoms with van der Waals surface area (Å²) in [6.07, 6.45) is 3.52. The first-order chi connectivity index (χ1) is 9.50. The predicted octanol–water partition coefficient (Wildman–Crippen LogP) is 2.38. The molecule has 106 valence electrons. The number of carbonyl (C=O) groups excluding carboxylic acids is 1. The third-order valence-corrected chi connectivity index (χ3v) is 3.80. The maximum atomic E-state index is 12.2. The van der Waals surface area contributed by atoms with Gasteiger partial charge in [0.05, 0.1) is 11.1 Å². The van der Waals surface area contributed by atoms with E-state index in [4.69, 9.17) is 10.2 Å². The Balaban J connectivity index is 2.34. The lowest BCUT2D eigenvalue weighted by atomic mass is 9.91. The quantitative estimate of drug-likeness (QED) is 0.861. The Morgan fingerprint density at radius 2 is 1.50 bits per heavy atom. The highest BCUT2D eigenvalue weighted by molar-refractivity contribution is 5.99. The average Bonchev–Trinajstić information content (AvgIpc) is 2.92. The molecule has 1 fully saturated rings. The number of hydrogen-bond donors (Lipinski definition) is 2. The van der Waals surface area contributed by atoms with E-state index in [1.54, 1.807) is 0 Å².